The summed E-state index contributed by atoms with van der Waals surface area (Å²) in [7, 11) is -4.18. The first-order valence-corrected chi connectivity index (χ1v) is 10.2. The third-order valence-corrected chi connectivity index (χ3v) is 5.64. The molecular weight excluding hydrogens is 443 g/mol. The summed E-state index contributed by atoms with van der Waals surface area (Å²) >= 11 is 11.8. The van der Waals surface area contributed by atoms with Crippen LogP contribution in [0.1, 0.15) is 12.1 Å². The number of rotatable bonds is 4. The van der Waals surface area contributed by atoms with Gasteiger partial charge >= 0.3 is 0 Å². The Hall–Kier alpha value is -2.10. The van der Waals surface area contributed by atoms with E-state index < -0.39 is 38.5 Å². The molecule has 1 aromatic heterocycles. The summed E-state index contributed by atoms with van der Waals surface area (Å²) in [6.07, 6.45) is -2.30. The van der Waals surface area contributed by atoms with E-state index in [9.17, 15) is 26.0 Å². The highest BCUT2D eigenvalue weighted by molar-refractivity contribution is 7.90. The van der Waals surface area contributed by atoms with Crippen LogP contribution in [-0.4, -0.2) is 24.5 Å². The van der Waals surface area contributed by atoms with Gasteiger partial charge in [0.15, 0.2) is 9.84 Å². The quantitative estimate of drug-likeness (QED) is 0.493. The van der Waals surface area contributed by atoms with Crippen molar-refractivity contribution in [3.05, 3.63) is 63.8 Å². The smallest absolute Gasteiger partial charge is 0.232 e. The van der Waals surface area contributed by atoms with Crippen LogP contribution in [0.4, 0.5) is 17.6 Å². The molecule has 4 nitrogen and oxygen atoms in total. The third-order valence-electron chi connectivity index (χ3n) is 3.77. The number of sulfone groups is 1. The minimum absolute atomic E-state index is 0.0553. The summed E-state index contributed by atoms with van der Waals surface area (Å²) in [6, 6.07) is 6.70. The lowest BCUT2D eigenvalue weighted by Crippen LogP contribution is -2.08. The van der Waals surface area contributed by atoms with Crippen molar-refractivity contribution in [2.75, 3.05) is 6.26 Å². The number of hydrogen-bond acceptors (Lipinski definition) is 3. The number of nitrogens with zero attached hydrogens (tertiary/aromatic N) is 2. The minimum atomic E-state index is -4.18. The third kappa shape index (κ3) is 3.87. The van der Waals surface area contributed by atoms with Crippen molar-refractivity contribution in [2.24, 2.45) is 0 Å². The molecule has 2 aromatic carbocycles. The zero-order chi connectivity index (χ0) is 20.8. The fourth-order valence-corrected chi connectivity index (χ4v) is 3.71. The van der Waals surface area contributed by atoms with Crippen LogP contribution in [0.3, 0.4) is 0 Å². The van der Waals surface area contributed by atoms with Gasteiger partial charge in [-0.2, -0.15) is 5.10 Å². The number of alkyl halides is 2. The molecule has 11 heteroatoms. The first kappa shape index (κ1) is 20.6. The first-order chi connectivity index (χ1) is 13.0. The van der Waals surface area contributed by atoms with Crippen LogP contribution in [0.15, 0.2) is 41.3 Å². The molecule has 3 rings (SSSR count). The number of aromatic nitrogens is 2. The Labute approximate surface area is 167 Å². The Morgan fingerprint density at radius 1 is 1.00 bits per heavy atom. The summed E-state index contributed by atoms with van der Waals surface area (Å²) < 4.78 is 78.8. The normalized spacial score (nSPS) is 12.0. The minimum Gasteiger partial charge on any atom is -0.232 e. The molecular formula is C17H10Cl2F4N2O2S. The second kappa shape index (κ2) is 7.38. The van der Waals surface area contributed by atoms with Crippen LogP contribution >= 0.6 is 23.2 Å². The van der Waals surface area contributed by atoms with Crippen LogP contribution in [0, 0.1) is 11.6 Å². The Morgan fingerprint density at radius 3 is 2.11 bits per heavy atom. The molecule has 0 amide bonds. The van der Waals surface area contributed by atoms with Crippen LogP contribution in [-0.2, 0) is 9.84 Å². The van der Waals surface area contributed by atoms with Gasteiger partial charge in [0, 0.05) is 24.0 Å². The molecule has 0 saturated heterocycles. The lowest BCUT2D eigenvalue weighted by atomic mass is 10.1. The maximum absolute atomic E-state index is 14.3. The monoisotopic (exact) mass is 452 g/mol. The molecule has 0 atom stereocenters. The van der Waals surface area contributed by atoms with Crippen LogP contribution in [0.5, 0.6) is 0 Å². The maximum atomic E-state index is 14.3. The lowest BCUT2D eigenvalue weighted by Gasteiger charge is -2.11. The van der Waals surface area contributed by atoms with Crippen LogP contribution in [0.25, 0.3) is 16.9 Å². The molecule has 0 aliphatic rings. The van der Waals surface area contributed by atoms with E-state index in [1.165, 1.54) is 18.2 Å². The van der Waals surface area contributed by atoms with E-state index in [4.69, 9.17) is 23.2 Å². The maximum Gasteiger partial charge on any atom is 0.282 e. The molecule has 0 unspecified atom stereocenters. The summed E-state index contributed by atoms with van der Waals surface area (Å²) in [5.41, 5.74) is -0.564. The highest BCUT2D eigenvalue weighted by atomic mass is 35.5. The predicted molar refractivity (Wildman–Crippen MR) is 97.0 cm³/mol. The highest BCUT2D eigenvalue weighted by Gasteiger charge is 2.24. The molecule has 0 radical (unpaired) electrons. The van der Waals surface area contributed by atoms with Gasteiger partial charge in [0.2, 0.25) is 0 Å². The van der Waals surface area contributed by atoms with Gasteiger partial charge in [-0.3, -0.25) is 0 Å². The summed E-state index contributed by atoms with van der Waals surface area (Å²) in [6.45, 7) is 0. The topological polar surface area (TPSA) is 52.0 Å². The molecule has 0 bridgehead atoms. The van der Waals surface area contributed by atoms with Crippen LogP contribution < -0.4 is 0 Å². The Balaban J connectivity index is 2.26. The zero-order valence-corrected chi connectivity index (χ0v) is 16.3. The molecule has 0 fully saturated rings. The van der Waals surface area contributed by atoms with E-state index in [-0.39, 0.29) is 21.4 Å². The molecule has 0 saturated carbocycles. The van der Waals surface area contributed by atoms with E-state index in [0.717, 1.165) is 10.7 Å². The average Bonchev–Trinajstić information content (AvgIpc) is 3.01. The van der Waals surface area contributed by atoms with E-state index in [0.29, 0.717) is 24.0 Å². The Kier molecular flexibility index (Phi) is 5.44. The fraction of sp³-hybridized carbons (Fsp3) is 0.118. The van der Waals surface area contributed by atoms with Gasteiger partial charge in [0.05, 0.1) is 21.4 Å². The van der Waals surface area contributed by atoms with Gasteiger partial charge in [0.25, 0.3) is 6.43 Å². The van der Waals surface area contributed by atoms with Crippen molar-refractivity contribution in [3.63, 3.8) is 0 Å². The molecule has 0 aliphatic carbocycles. The molecule has 0 N–H and O–H groups in total. The van der Waals surface area contributed by atoms with Gasteiger partial charge in [-0.15, -0.1) is 0 Å². The predicted octanol–water partition coefficient (Wildman–Crippen LogP) is 5.47. The van der Waals surface area contributed by atoms with Crippen molar-refractivity contribution in [3.8, 4) is 16.9 Å². The van der Waals surface area contributed by atoms with E-state index >= 15 is 0 Å². The van der Waals surface area contributed by atoms with Crippen molar-refractivity contribution < 1.29 is 26.0 Å². The van der Waals surface area contributed by atoms with Gasteiger partial charge < -0.3 is 0 Å². The zero-order valence-electron chi connectivity index (χ0n) is 13.9. The molecule has 28 heavy (non-hydrogen) atoms. The Morgan fingerprint density at radius 2 is 1.61 bits per heavy atom. The van der Waals surface area contributed by atoms with E-state index in [2.05, 4.69) is 5.10 Å². The Bertz CT molecular complexity index is 1160. The van der Waals surface area contributed by atoms with Crippen molar-refractivity contribution >= 4 is 33.0 Å². The number of hydrogen-bond donors (Lipinski definition) is 0. The van der Waals surface area contributed by atoms with Crippen LogP contribution in [0.2, 0.25) is 10.0 Å². The standard InChI is InChI=1S/C17H10Cl2F4N2O2S/c1-28(26,27)16-12(20)5-9(6-13(16)21)25-15(7-14(24-25)17(22)23)8-2-3-10(18)11(19)4-8/h2-7,17H,1H3. The average molecular weight is 453 g/mol. The van der Waals surface area contributed by atoms with Gasteiger partial charge in [-0.05, 0) is 18.2 Å². The van der Waals surface area contributed by atoms with E-state index in [1.54, 1.807) is 0 Å². The number of halogens is 6. The lowest BCUT2D eigenvalue weighted by molar-refractivity contribution is 0.145. The second-order valence-electron chi connectivity index (χ2n) is 5.81. The number of benzene rings is 2. The molecule has 0 spiro atoms. The summed E-state index contributed by atoms with van der Waals surface area (Å²) in [4.78, 5) is -1.12. The fourth-order valence-electron chi connectivity index (χ4n) is 2.59. The second-order valence-corrected chi connectivity index (χ2v) is 8.57. The summed E-state index contributed by atoms with van der Waals surface area (Å²) in [5.74, 6) is -2.74. The summed E-state index contributed by atoms with van der Waals surface area (Å²) in [5, 5.41) is 4.05. The van der Waals surface area contributed by atoms with Gasteiger partial charge in [-0.25, -0.2) is 30.7 Å². The van der Waals surface area contributed by atoms with Crippen molar-refractivity contribution in [1.29, 1.82) is 0 Å². The first-order valence-electron chi connectivity index (χ1n) is 7.52. The SMILES string of the molecule is CS(=O)(=O)c1c(F)cc(-n2nc(C(F)F)cc2-c2ccc(Cl)c(Cl)c2)cc1F. The molecule has 148 valence electrons. The molecule has 0 aliphatic heterocycles. The largest absolute Gasteiger partial charge is 0.282 e. The van der Waals surface area contributed by atoms with Crippen molar-refractivity contribution in [2.45, 2.75) is 11.3 Å². The molecule has 3 aromatic rings. The molecule has 1 heterocycles. The van der Waals surface area contributed by atoms with Gasteiger partial charge in [-0.1, -0.05) is 29.3 Å². The van der Waals surface area contributed by atoms with E-state index in [1.807, 2.05) is 0 Å². The van der Waals surface area contributed by atoms with Crippen molar-refractivity contribution in [1.82, 2.24) is 9.78 Å². The highest BCUT2D eigenvalue weighted by Crippen LogP contribution is 2.33. The van der Waals surface area contributed by atoms with Gasteiger partial charge in [0.1, 0.15) is 22.2 Å².